The number of rotatable bonds is 4. The fourth-order valence-corrected chi connectivity index (χ4v) is 4.11. The molecule has 1 saturated heterocycles. The van der Waals surface area contributed by atoms with Crippen molar-refractivity contribution in [2.24, 2.45) is 16.6 Å². The second kappa shape index (κ2) is 8.14. The number of piperidine rings is 1. The standard InChI is InChI=1S/C24H26N4O2/c1-15-8-9-18(28-12-10-17(11-13-28)23(25)29)14-21(15)26-16(2)22-19-6-4-3-5-7-20(19)27-24(22)30/h3-9,14,17H,10-13H2,1-2H3,(H2,25,29)(H,27,30). The zero-order valence-corrected chi connectivity index (χ0v) is 17.3. The molecule has 154 valence electrons. The predicted molar refractivity (Wildman–Crippen MR) is 121 cm³/mol. The maximum atomic E-state index is 12.6. The number of carbonyl (C=O) groups excluding carboxylic acids is 1. The lowest BCUT2D eigenvalue weighted by Crippen LogP contribution is -2.38. The fourth-order valence-electron chi connectivity index (χ4n) is 4.11. The number of benzene rings is 1. The number of amides is 1. The van der Waals surface area contributed by atoms with Crippen LogP contribution in [0.25, 0.3) is 11.3 Å². The molecule has 1 amide bonds. The summed E-state index contributed by atoms with van der Waals surface area (Å²) in [5.74, 6) is -0.245. The van der Waals surface area contributed by atoms with Gasteiger partial charge in [0.2, 0.25) is 5.91 Å². The Balaban J connectivity index is 1.65. The predicted octanol–water partition coefficient (Wildman–Crippen LogP) is 3.63. The number of nitrogens with zero attached hydrogens (tertiary/aromatic N) is 2. The van der Waals surface area contributed by atoms with Gasteiger partial charge < -0.3 is 15.6 Å². The first-order chi connectivity index (χ1) is 14.4. The van der Waals surface area contributed by atoms with E-state index in [9.17, 15) is 9.59 Å². The largest absolute Gasteiger partial charge is 0.371 e. The van der Waals surface area contributed by atoms with Gasteiger partial charge in [0, 0.05) is 36.0 Å². The average Bonchev–Trinajstić information content (AvgIpc) is 2.88. The summed E-state index contributed by atoms with van der Waals surface area (Å²) >= 11 is 0. The summed E-state index contributed by atoms with van der Waals surface area (Å²) < 4.78 is 0. The molecule has 3 aliphatic rings. The summed E-state index contributed by atoms with van der Waals surface area (Å²) in [6.45, 7) is 5.48. The lowest BCUT2D eigenvalue weighted by Gasteiger charge is -2.32. The summed E-state index contributed by atoms with van der Waals surface area (Å²) in [4.78, 5) is 34.0. The first kappa shape index (κ1) is 19.9. The Morgan fingerprint density at radius 3 is 2.60 bits per heavy atom. The van der Waals surface area contributed by atoms with E-state index in [2.05, 4.69) is 28.1 Å². The normalized spacial score (nSPS) is 15.5. The van der Waals surface area contributed by atoms with Crippen molar-refractivity contribution in [2.75, 3.05) is 18.0 Å². The Morgan fingerprint density at radius 2 is 1.87 bits per heavy atom. The van der Waals surface area contributed by atoms with Crippen molar-refractivity contribution in [2.45, 2.75) is 26.7 Å². The van der Waals surface area contributed by atoms with Crippen LogP contribution in [-0.4, -0.2) is 29.7 Å². The Bertz CT molecular complexity index is 1140. The van der Waals surface area contributed by atoms with E-state index < -0.39 is 0 Å². The zero-order valence-electron chi connectivity index (χ0n) is 17.3. The first-order valence-corrected chi connectivity index (χ1v) is 10.3. The van der Waals surface area contributed by atoms with Crippen molar-refractivity contribution >= 4 is 23.0 Å². The van der Waals surface area contributed by atoms with E-state index in [-0.39, 0.29) is 17.4 Å². The zero-order chi connectivity index (χ0) is 21.3. The van der Waals surface area contributed by atoms with Crippen molar-refractivity contribution in [3.05, 3.63) is 70.0 Å². The number of aromatic amines is 1. The highest BCUT2D eigenvalue weighted by Gasteiger charge is 2.23. The van der Waals surface area contributed by atoms with Crippen LogP contribution in [0.5, 0.6) is 0 Å². The van der Waals surface area contributed by atoms with Crippen LogP contribution in [-0.2, 0) is 4.79 Å². The number of aryl methyl sites for hydroxylation is 1. The van der Waals surface area contributed by atoms with Crippen LogP contribution in [0.3, 0.4) is 0 Å². The summed E-state index contributed by atoms with van der Waals surface area (Å²) in [6, 6.07) is 15.8. The molecule has 2 heterocycles. The van der Waals surface area contributed by atoms with Crippen LogP contribution in [0.4, 0.5) is 11.4 Å². The number of hydrogen-bond acceptors (Lipinski definition) is 4. The molecule has 6 heteroatoms. The molecule has 1 aliphatic carbocycles. The van der Waals surface area contributed by atoms with Crippen LogP contribution in [0, 0.1) is 12.8 Å². The Labute approximate surface area is 175 Å². The van der Waals surface area contributed by atoms with E-state index in [1.165, 1.54) is 0 Å². The molecule has 0 bridgehead atoms. The number of hydrogen-bond donors (Lipinski definition) is 2. The first-order valence-electron chi connectivity index (χ1n) is 10.3. The third-order valence-electron chi connectivity index (χ3n) is 5.89. The van der Waals surface area contributed by atoms with Gasteiger partial charge in [-0.3, -0.25) is 14.6 Å². The summed E-state index contributed by atoms with van der Waals surface area (Å²) in [5, 5.41) is 0. The molecule has 0 aromatic heterocycles. The molecule has 1 fully saturated rings. The molecular formula is C24H26N4O2. The number of fused-ring (bicyclic) bond motifs is 1. The third kappa shape index (κ3) is 3.85. The summed E-state index contributed by atoms with van der Waals surface area (Å²) in [7, 11) is 0. The maximum Gasteiger partial charge on any atom is 0.258 e. The second-order valence-electron chi connectivity index (χ2n) is 7.90. The molecule has 3 N–H and O–H groups in total. The van der Waals surface area contributed by atoms with E-state index in [0.29, 0.717) is 11.3 Å². The molecule has 0 saturated carbocycles. The van der Waals surface area contributed by atoms with Crippen molar-refractivity contribution in [1.29, 1.82) is 0 Å². The van der Waals surface area contributed by atoms with E-state index in [4.69, 9.17) is 10.7 Å². The molecule has 0 unspecified atom stereocenters. The van der Waals surface area contributed by atoms with Gasteiger partial charge in [-0.25, -0.2) is 0 Å². The molecule has 6 nitrogen and oxygen atoms in total. The molecular weight excluding hydrogens is 376 g/mol. The van der Waals surface area contributed by atoms with Crippen LogP contribution >= 0.6 is 0 Å². The maximum absolute atomic E-state index is 12.6. The van der Waals surface area contributed by atoms with E-state index in [1.807, 2.05) is 44.2 Å². The summed E-state index contributed by atoms with van der Waals surface area (Å²) in [5.41, 5.74) is 11.2. The number of carbonyl (C=O) groups is 1. The molecule has 0 spiro atoms. The summed E-state index contributed by atoms with van der Waals surface area (Å²) in [6.07, 6.45) is 1.54. The number of nitrogens with one attached hydrogen (secondary N) is 1. The minimum Gasteiger partial charge on any atom is -0.371 e. The van der Waals surface area contributed by atoms with Crippen LogP contribution in [0.1, 0.15) is 30.9 Å². The minimum absolute atomic E-state index is 0.0369. The number of H-pyrrole nitrogens is 1. The minimum atomic E-state index is -0.208. The van der Waals surface area contributed by atoms with Crippen molar-refractivity contribution in [3.8, 4) is 11.3 Å². The number of aliphatic imine (C=N–C) groups is 1. The lowest BCUT2D eigenvalue weighted by atomic mass is 9.96. The number of nitrogens with two attached hydrogens (primary N) is 1. The molecule has 1 aromatic carbocycles. The molecule has 4 rings (SSSR count). The number of aromatic nitrogens is 1. The van der Waals surface area contributed by atoms with Crippen molar-refractivity contribution in [1.82, 2.24) is 4.98 Å². The van der Waals surface area contributed by atoms with Gasteiger partial charge in [0.1, 0.15) is 0 Å². The average molecular weight is 402 g/mol. The van der Waals surface area contributed by atoms with Gasteiger partial charge in [-0.1, -0.05) is 30.3 Å². The van der Waals surface area contributed by atoms with Crippen LogP contribution in [0.15, 0.2) is 58.3 Å². The second-order valence-corrected chi connectivity index (χ2v) is 7.90. The van der Waals surface area contributed by atoms with Crippen LogP contribution in [0.2, 0.25) is 0 Å². The Hall–Kier alpha value is -3.41. The number of primary amides is 1. The van der Waals surface area contributed by atoms with E-state index >= 15 is 0 Å². The van der Waals surface area contributed by atoms with Gasteiger partial charge in [0.25, 0.3) is 5.56 Å². The molecule has 30 heavy (non-hydrogen) atoms. The van der Waals surface area contributed by atoms with Gasteiger partial charge in [-0.05, 0) is 50.5 Å². The highest BCUT2D eigenvalue weighted by atomic mass is 16.1. The third-order valence-corrected chi connectivity index (χ3v) is 5.89. The highest BCUT2D eigenvalue weighted by Crippen LogP contribution is 2.30. The highest BCUT2D eigenvalue weighted by molar-refractivity contribution is 6.05. The van der Waals surface area contributed by atoms with Gasteiger partial charge >= 0.3 is 0 Å². The lowest BCUT2D eigenvalue weighted by molar-refractivity contribution is -0.122. The van der Waals surface area contributed by atoms with E-state index in [1.54, 1.807) is 0 Å². The van der Waals surface area contributed by atoms with Gasteiger partial charge in [0.15, 0.2) is 0 Å². The molecule has 0 radical (unpaired) electrons. The van der Waals surface area contributed by atoms with Crippen molar-refractivity contribution in [3.63, 3.8) is 0 Å². The topological polar surface area (TPSA) is 91.5 Å². The van der Waals surface area contributed by atoms with E-state index in [0.717, 1.165) is 54.1 Å². The molecule has 2 aliphatic heterocycles. The van der Waals surface area contributed by atoms with Gasteiger partial charge in [-0.15, -0.1) is 0 Å². The van der Waals surface area contributed by atoms with Crippen molar-refractivity contribution < 1.29 is 4.79 Å². The smallest absolute Gasteiger partial charge is 0.258 e. The van der Waals surface area contributed by atoms with Gasteiger partial charge in [-0.2, -0.15) is 0 Å². The SMILES string of the molecule is CC(=Nc1cc(N2CCC(C(N)=O)CC2)ccc1C)c1c2cccccc-2[nH]c1=O. The Kier molecular flexibility index (Phi) is 5.40. The molecule has 1 aromatic rings. The monoisotopic (exact) mass is 402 g/mol. The Morgan fingerprint density at radius 1 is 1.13 bits per heavy atom. The number of anilines is 1. The van der Waals surface area contributed by atoms with Gasteiger partial charge in [0.05, 0.1) is 17.0 Å². The molecule has 0 atom stereocenters. The van der Waals surface area contributed by atoms with Crippen LogP contribution < -0.4 is 16.2 Å². The quantitative estimate of drug-likeness (QED) is 0.653. The fraction of sp³-hybridized carbons (Fsp3) is 0.292.